The second kappa shape index (κ2) is 7.66. The van der Waals surface area contributed by atoms with E-state index < -0.39 is 0 Å². The summed E-state index contributed by atoms with van der Waals surface area (Å²) in [4.78, 5) is 0. The molecule has 0 bridgehead atoms. The smallest absolute Gasteiger partial charge is 0.128 e. The minimum atomic E-state index is 0.521. The van der Waals surface area contributed by atoms with Crippen molar-refractivity contribution in [3.05, 3.63) is 101 Å². The third kappa shape index (κ3) is 4.48. The van der Waals surface area contributed by atoms with Gasteiger partial charge in [0.2, 0.25) is 0 Å². The number of benzene rings is 3. The zero-order valence-electron chi connectivity index (χ0n) is 12.7. The van der Waals surface area contributed by atoms with E-state index in [2.05, 4.69) is 18.2 Å². The summed E-state index contributed by atoms with van der Waals surface area (Å²) in [6.45, 7) is 0.521. The standard InChI is InChI=1S/C21H17ClO/c22-20-14-13-19(12-11-17-7-3-1-4-8-17)21(15-20)23-16-18-9-5-2-6-10-18/h1-15H,16H2. The minimum Gasteiger partial charge on any atom is -0.488 e. The second-order valence-corrected chi connectivity index (χ2v) is 5.64. The molecule has 114 valence electrons. The van der Waals surface area contributed by atoms with Crippen LogP contribution in [0, 0.1) is 0 Å². The van der Waals surface area contributed by atoms with Crippen LogP contribution in [0.25, 0.3) is 12.2 Å². The highest BCUT2D eigenvalue weighted by Gasteiger charge is 2.03. The summed E-state index contributed by atoms with van der Waals surface area (Å²) in [5.41, 5.74) is 3.29. The summed E-state index contributed by atoms with van der Waals surface area (Å²) in [5.74, 6) is 0.786. The Bertz CT molecular complexity index is 779. The molecule has 0 amide bonds. The van der Waals surface area contributed by atoms with Gasteiger partial charge in [0.1, 0.15) is 12.4 Å². The van der Waals surface area contributed by atoms with E-state index >= 15 is 0 Å². The molecule has 0 saturated heterocycles. The third-order valence-electron chi connectivity index (χ3n) is 3.47. The fraction of sp³-hybridized carbons (Fsp3) is 0.0476. The predicted molar refractivity (Wildman–Crippen MR) is 97.6 cm³/mol. The number of hydrogen-bond donors (Lipinski definition) is 0. The summed E-state index contributed by atoms with van der Waals surface area (Å²) < 4.78 is 5.96. The molecule has 0 spiro atoms. The molecule has 23 heavy (non-hydrogen) atoms. The maximum atomic E-state index is 6.11. The van der Waals surface area contributed by atoms with E-state index in [1.807, 2.05) is 72.8 Å². The first kappa shape index (κ1) is 15.4. The van der Waals surface area contributed by atoms with Crippen molar-refractivity contribution in [1.29, 1.82) is 0 Å². The van der Waals surface area contributed by atoms with Gasteiger partial charge in [0.15, 0.2) is 0 Å². The lowest BCUT2D eigenvalue weighted by Crippen LogP contribution is -1.96. The minimum absolute atomic E-state index is 0.521. The summed E-state index contributed by atoms with van der Waals surface area (Å²) in [6, 6.07) is 26.0. The molecule has 0 aromatic heterocycles. The molecule has 1 nitrogen and oxygen atoms in total. The number of hydrogen-bond acceptors (Lipinski definition) is 1. The topological polar surface area (TPSA) is 9.23 Å². The van der Waals surface area contributed by atoms with Gasteiger partial charge in [-0.3, -0.25) is 0 Å². The van der Waals surface area contributed by atoms with E-state index in [4.69, 9.17) is 16.3 Å². The van der Waals surface area contributed by atoms with Gasteiger partial charge in [-0.25, -0.2) is 0 Å². The summed E-state index contributed by atoms with van der Waals surface area (Å²) in [5, 5.41) is 0.671. The fourth-order valence-electron chi connectivity index (χ4n) is 2.26. The average Bonchev–Trinajstić information content (AvgIpc) is 2.61. The van der Waals surface area contributed by atoms with E-state index in [0.717, 1.165) is 22.4 Å². The van der Waals surface area contributed by atoms with E-state index in [1.54, 1.807) is 0 Å². The number of halogens is 1. The molecule has 0 radical (unpaired) electrons. The Kier molecular flexibility index (Phi) is 5.13. The lowest BCUT2D eigenvalue weighted by Gasteiger charge is -2.10. The van der Waals surface area contributed by atoms with Crippen molar-refractivity contribution in [2.24, 2.45) is 0 Å². The van der Waals surface area contributed by atoms with Gasteiger partial charge >= 0.3 is 0 Å². The molecule has 0 N–H and O–H groups in total. The molecular formula is C21H17ClO. The van der Waals surface area contributed by atoms with Gasteiger partial charge in [0.05, 0.1) is 0 Å². The molecule has 0 aliphatic heterocycles. The van der Waals surface area contributed by atoms with Gasteiger partial charge < -0.3 is 4.74 Å². The van der Waals surface area contributed by atoms with Gasteiger partial charge in [-0.2, -0.15) is 0 Å². The first-order chi connectivity index (χ1) is 11.3. The van der Waals surface area contributed by atoms with Crippen molar-refractivity contribution in [3.63, 3.8) is 0 Å². The van der Waals surface area contributed by atoms with Gasteiger partial charge in [0, 0.05) is 10.6 Å². The Hall–Kier alpha value is -2.51. The van der Waals surface area contributed by atoms with Crippen LogP contribution in [-0.4, -0.2) is 0 Å². The Morgan fingerprint density at radius 2 is 1.48 bits per heavy atom. The summed E-state index contributed by atoms with van der Waals surface area (Å²) in [7, 11) is 0. The van der Waals surface area contributed by atoms with Gasteiger partial charge in [0.25, 0.3) is 0 Å². The lowest BCUT2D eigenvalue weighted by atomic mass is 10.1. The first-order valence-corrected chi connectivity index (χ1v) is 7.88. The van der Waals surface area contributed by atoms with Crippen LogP contribution in [0.2, 0.25) is 5.02 Å². The van der Waals surface area contributed by atoms with E-state index in [1.165, 1.54) is 0 Å². The molecule has 3 aromatic carbocycles. The molecule has 0 unspecified atom stereocenters. The van der Waals surface area contributed by atoms with Gasteiger partial charge in [-0.05, 0) is 29.3 Å². The van der Waals surface area contributed by atoms with Crippen molar-refractivity contribution in [1.82, 2.24) is 0 Å². The van der Waals surface area contributed by atoms with E-state index in [-0.39, 0.29) is 0 Å². The molecule has 0 fully saturated rings. The zero-order chi connectivity index (χ0) is 15.9. The summed E-state index contributed by atoms with van der Waals surface area (Å²) in [6.07, 6.45) is 4.12. The van der Waals surface area contributed by atoms with Crippen LogP contribution in [0.3, 0.4) is 0 Å². The summed E-state index contributed by atoms with van der Waals surface area (Å²) >= 11 is 6.11. The monoisotopic (exact) mass is 320 g/mol. The van der Waals surface area contributed by atoms with Crippen LogP contribution in [-0.2, 0) is 6.61 Å². The Balaban J connectivity index is 1.79. The molecule has 0 saturated carbocycles. The number of rotatable bonds is 5. The molecule has 0 heterocycles. The van der Waals surface area contributed by atoms with Crippen molar-refractivity contribution in [3.8, 4) is 5.75 Å². The molecule has 0 aliphatic rings. The quantitative estimate of drug-likeness (QED) is 0.517. The van der Waals surface area contributed by atoms with Crippen LogP contribution in [0.5, 0.6) is 5.75 Å². The molecule has 0 aliphatic carbocycles. The largest absolute Gasteiger partial charge is 0.488 e. The first-order valence-electron chi connectivity index (χ1n) is 7.51. The van der Waals surface area contributed by atoms with Crippen LogP contribution in [0.1, 0.15) is 16.7 Å². The maximum absolute atomic E-state index is 6.11. The average molecular weight is 321 g/mol. The zero-order valence-corrected chi connectivity index (χ0v) is 13.4. The van der Waals surface area contributed by atoms with Crippen LogP contribution in [0.15, 0.2) is 78.9 Å². The normalized spacial score (nSPS) is 10.8. The van der Waals surface area contributed by atoms with Crippen molar-refractivity contribution < 1.29 is 4.74 Å². The highest BCUT2D eigenvalue weighted by Crippen LogP contribution is 2.26. The lowest BCUT2D eigenvalue weighted by molar-refractivity contribution is 0.305. The van der Waals surface area contributed by atoms with Crippen molar-refractivity contribution in [2.45, 2.75) is 6.61 Å². The third-order valence-corrected chi connectivity index (χ3v) is 3.70. The predicted octanol–water partition coefficient (Wildman–Crippen LogP) is 6.09. The highest BCUT2D eigenvalue weighted by atomic mass is 35.5. The Labute approximate surface area is 141 Å². The van der Waals surface area contributed by atoms with Crippen LogP contribution >= 0.6 is 11.6 Å². The van der Waals surface area contributed by atoms with Crippen molar-refractivity contribution >= 4 is 23.8 Å². The molecule has 3 rings (SSSR count). The maximum Gasteiger partial charge on any atom is 0.128 e. The SMILES string of the molecule is Clc1ccc(C=Cc2ccccc2)c(OCc2ccccc2)c1. The van der Waals surface area contributed by atoms with E-state index in [9.17, 15) is 0 Å². The molecular weight excluding hydrogens is 304 g/mol. The molecule has 2 heteroatoms. The van der Waals surface area contributed by atoms with Gasteiger partial charge in [-0.1, -0.05) is 84.4 Å². The Morgan fingerprint density at radius 1 is 0.783 bits per heavy atom. The Morgan fingerprint density at radius 3 is 2.22 bits per heavy atom. The second-order valence-electron chi connectivity index (χ2n) is 5.20. The molecule has 3 aromatic rings. The van der Waals surface area contributed by atoms with Gasteiger partial charge in [-0.15, -0.1) is 0 Å². The highest BCUT2D eigenvalue weighted by molar-refractivity contribution is 6.30. The van der Waals surface area contributed by atoms with Crippen molar-refractivity contribution in [2.75, 3.05) is 0 Å². The van der Waals surface area contributed by atoms with Crippen LogP contribution in [0.4, 0.5) is 0 Å². The fourth-order valence-corrected chi connectivity index (χ4v) is 2.42. The van der Waals surface area contributed by atoms with Crippen LogP contribution < -0.4 is 4.74 Å². The molecule has 0 atom stereocenters. The number of ether oxygens (including phenoxy) is 1. The van der Waals surface area contributed by atoms with E-state index in [0.29, 0.717) is 11.6 Å².